The maximum atomic E-state index is 13.5. The van der Waals surface area contributed by atoms with Crippen LogP contribution < -0.4 is 16.0 Å². The normalized spacial score (nSPS) is 10.9. The van der Waals surface area contributed by atoms with Gasteiger partial charge in [-0.3, -0.25) is 9.79 Å². The summed E-state index contributed by atoms with van der Waals surface area (Å²) in [6, 6.07) is 4.45. The number of nitrogens with one attached hydrogen (secondary N) is 3. The van der Waals surface area contributed by atoms with Crippen LogP contribution >= 0.6 is 35.3 Å². The van der Waals surface area contributed by atoms with Gasteiger partial charge in [-0.2, -0.15) is 0 Å². The van der Waals surface area contributed by atoms with Crippen LogP contribution in [0.4, 0.5) is 4.39 Å². The number of rotatable bonds is 7. The van der Waals surface area contributed by atoms with E-state index in [2.05, 4.69) is 32.9 Å². The summed E-state index contributed by atoms with van der Waals surface area (Å²) in [5.41, 5.74) is 0.829. The molecule has 3 N–H and O–H groups in total. The molecule has 0 unspecified atom stereocenters. The summed E-state index contributed by atoms with van der Waals surface area (Å²) < 4.78 is 13.5. The predicted molar refractivity (Wildman–Crippen MR) is 119 cm³/mol. The number of guanidine groups is 1. The number of nitrogens with zero attached hydrogens (tertiary/aromatic N) is 2. The van der Waals surface area contributed by atoms with E-state index in [9.17, 15) is 9.18 Å². The van der Waals surface area contributed by atoms with Crippen molar-refractivity contribution >= 4 is 47.2 Å². The number of hydrogen-bond acceptors (Lipinski definition) is 4. The molecular formula is C18H25FIN5OS. The van der Waals surface area contributed by atoms with E-state index in [1.165, 1.54) is 10.9 Å². The van der Waals surface area contributed by atoms with Gasteiger partial charge in [0, 0.05) is 36.8 Å². The van der Waals surface area contributed by atoms with Crippen LogP contribution in [0.3, 0.4) is 0 Å². The van der Waals surface area contributed by atoms with E-state index >= 15 is 0 Å². The predicted octanol–water partition coefficient (Wildman–Crippen LogP) is 2.87. The Kier molecular flexibility index (Phi) is 10.2. The number of benzene rings is 1. The molecule has 148 valence electrons. The van der Waals surface area contributed by atoms with Gasteiger partial charge < -0.3 is 16.0 Å². The van der Waals surface area contributed by atoms with Crippen LogP contribution in [-0.4, -0.2) is 37.0 Å². The highest BCUT2D eigenvalue weighted by Crippen LogP contribution is 2.12. The Morgan fingerprint density at radius 1 is 1.26 bits per heavy atom. The minimum absolute atomic E-state index is 0. The van der Waals surface area contributed by atoms with Crippen molar-refractivity contribution < 1.29 is 9.18 Å². The Morgan fingerprint density at radius 3 is 2.63 bits per heavy atom. The van der Waals surface area contributed by atoms with Crippen LogP contribution in [0.25, 0.3) is 0 Å². The summed E-state index contributed by atoms with van der Waals surface area (Å²) in [7, 11) is 1.68. The van der Waals surface area contributed by atoms with Gasteiger partial charge in [-0.15, -0.1) is 35.3 Å². The van der Waals surface area contributed by atoms with Crippen molar-refractivity contribution in [1.29, 1.82) is 0 Å². The van der Waals surface area contributed by atoms with E-state index in [0.29, 0.717) is 36.7 Å². The highest BCUT2D eigenvalue weighted by Gasteiger charge is 2.08. The molecule has 0 aliphatic carbocycles. The first-order valence-corrected chi connectivity index (χ1v) is 9.27. The van der Waals surface area contributed by atoms with Gasteiger partial charge in [0.25, 0.3) is 5.91 Å². The van der Waals surface area contributed by atoms with Gasteiger partial charge in [0.05, 0.1) is 6.54 Å². The lowest BCUT2D eigenvalue weighted by Gasteiger charge is -2.11. The van der Waals surface area contributed by atoms with Crippen LogP contribution in [0.15, 0.2) is 29.4 Å². The molecule has 0 saturated carbocycles. The molecule has 9 heteroatoms. The zero-order valence-electron chi connectivity index (χ0n) is 15.6. The summed E-state index contributed by atoms with van der Waals surface area (Å²) >= 11 is 1.67. The summed E-state index contributed by atoms with van der Waals surface area (Å²) in [5.74, 6) is -0.0498. The van der Waals surface area contributed by atoms with Crippen LogP contribution in [0.2, 0.25) is 0 Å². The molecule has 1 aromatic heterocycles. The van der Waals surface area contributed by atoms with E-state index in [1.807, 2.05) is 6.20 Å². The molecule has 27 heavy (non-hydrogen) atoms. The molecule has 0 aliphatic rings. The zero-order chi connectivity index (χ0) is 18.9. The second kappa shape index (κ2) is 11.9. The number of carbonyl (C=O) groups is 1. The van der Waals surface area contributed by atoms with Crippen molar-refractivity contribution in [2.24, 2.45) is 4.99 Å². The topological polar surface area (TPSA) is 78.4 Å². The van der Waals surface area contributed by atoms with Crippen molar-refractivity contribution in [3.05, 3.63) is 51.2 Å². The van der Waals surface area contributed by atoms with Gasteiger partial charge in [-0.25, -0.2) is 9.37 Å². The van der Waals surface area contributed by atoms with Crippen molar-refractivity contribution in [2.75, 3.05) is 20.1 Å². The van der Waals surface area contributed by atoms with Crippen LogP contribution in [0.5, 0.6) is 0 Å². The Labute approximate surface area is 180 Å². The van der Waals surface area contributed by atoms with E-state index in [4.69, 9.17) is 0 Å². The number of amides is 1. The van der Waals surface area contributed by atoms with Crippen molar-refractivity contribution in [3.8, 4) is 0 Å². The van der Waals surface area contributed by atoms with Crippen LogP contribution in [-0.2, 0) is 13.0 Å². The Balaban J connectivity index is 0.00000364. The maximum absolute atomic E-state index is 13.5. The fraction of sp³-hybridized carbons (Fsp3) is 0.389. The molecule has 2 aromatic rings. The SMILES string of the molecule is CCc1cnc(CNC(=NC)NCCNC(=O)c2ccc(C)c(F)c2)s1.I. The summed E-state index contributed by atoms with van der Waals surface area (Å²) in [4.78, 5) is 21.7. The zero-order valence-corrected chi connectivity index (χ0v) is 18.8. The van der Waals surface area contributed by atoms with Crippen LogP contribution in [0.1, 0.15) is 32.7 Å². The second-order valence-corrected chi connectivity index (χ2v) is 6.85. The molecule has 1 aromatic carbocycles. The first-order valence-electron chi connectivity index (χ1n) is 8.46. The average Bonchev–Trinajstić information content (AvgIpc) is 3.11. The lowest BCUT2D eigenvalue weighted by atomic mass is 10.1. The standard InChI is InChI=1S/C18H24FN5OS.HI/c1-4-14-10-23-16(26-14)11-24-18(20-3)22-8-7-21-17(25)13-6-5-12(2)15(19)9-13;/h5-6,9-10H,4,7-8,11H2,1-3H3,(H,21,25)(H2,20,22,24);1H. The minimum atomic E-state index is -0.381. The minimum Gasteiger partial charge on any atom is -0.355 e. The Morgan fingerprint density at radius 2 is 2.00 bits per heavy atom. The third-order valence-electron chi connectivity index (χ3n) is 3.72. The van der Waals surface area contributed by atoms with E-state index in [0.717, 1.165) is 11.4 Å². The number of hydrogen-bond donors (Lipinski definition) is 3. The lowest BCUT2D eigenvalue weighted by molar-refractivity contribution is 0.0954. The van der Waals surface area contributed by atoms with E-state index < -0.39 is 0 Å². The highest BCUT2D eigenvalue weighted by atomic mass is 127. The molecule has 6 nitrogen and oxygen atoms in total. The third-order valence-corrected chi connectivity index (χ3v) is 4.86. The second-order valence-electron chi connectivity index (χ2n) is 5.65. The van der Waals surface area contributed by atoms with Gasteiger partial charge in [-0.1, -0.05) is 13.0 Å². The van der Waals surface area contributed by atoms with Crippen molar-refractivity contribution in [2.45, 2.75) is 26.8 Å². The van der Waals surface area contributed by atoms with Crippen molar-refractivity contribution in [1.82, 2.24) is 20.9 Å². The van der Waals surface area contributed by atoms with Gasteiger partial charge >= 0.3 is 0 Å². The fourth-order valence-electron chi connectivity index (χ4n) is 2.17. The Hall–Kier alpha value is -1.75. The molecule has 0 aliphatic heterocycles. The Bertz CT molecular complexity index is 781. The lowest BCUT2D eigenvalue weighted by Crippen LogP contribution is -2.41. The van der Waals surface area contributed by atoms with Crippen molar-refractivity contribution in [3.63, 3.8) is 0 Å². The molecule has 0 saturated heterocycles. The number of aliphatic imine (C=N–C) groups is 1. The molecular weight excluding hydrogens is 480 g/mol. The summed E-state index contributed by atoms with van der Waals surface area (Å²) in [6.07, 6.45) is 2.87. The number of aryl methyl sites for hydroxylation is 2. The molecule has 1 amide bonds. The van der Waals surface area contributed by atoms with Crippen LogP contribution in [0, 0.1) is 12.7 Å². The smallest absolute Gasteiger partial charge is 0.251 e. The highest BCUT2D eigenvalue weighted by molar-refractivity contribution is 14.0. The number of carbonyl (C=O) groups excluding carboxylic acids is 1. The van der Waals surface area contributed by atoms with Gasteiger partial charge in [0.1, 0.15) is 10.8 Å². The maximum Gasteiger partial charge on any atom is 0.251 e. The number of thiazole rings is 1. The summed E-state index contributed by atoms with van der Waals surface area (Å²) in [6.45, 7) is 5.25. The van der Waals surface area contributed by atoms with E-state index in [1.54, 1.807) is 37.4 Å². The quantitative estimate of drug-likeness (QED) is 0.234. The summed E-state index contributed by atoms with van der Waals surface area (Å²) in [5, 5.41) is 10.0. The van der Waals surface area contributed by atoms with Gasteiger partial charge in [0.15, 0.2) is 5.96 Å². The molecule has 2 rings (SSSR count). The molecule has 1 heterocycles. The largest absolute Gasteiger partial charge is 0.355 e. The number of halogens is 2. The molecule has 0 atom stereocenters. The van der Waals surface area contributed by atoms with Gasteiger partial charge in [0.2, 0.25) is 0 Å². The average molecular weight is 505 g/mol. The molecule has 0 bridgehead atoms. The molecule has 0 spiro atoms. The molecule has 0 fully saturated rings. The monoisotopic (exact) mass is 505 g/mol. The first-order chi connectivity index (χ1) is 12.5. The number of aromatic nitrogens is 1. The fourth-order valence-corrected chi connectivity index (χ4v) is 2.97. The molecule has 0 radical (unpaired) electrons. The van der Waals surface area contributed by atoms with Gasteiger partial charge in [-0.05, 0) is 31.0 Å². The first kappa shape index (κ1) is 23.3. The third kappa shape index (κ3) is 7.41. The van der Waals surface area contributed by atoms with E-state index in [-0.39, 0.29) is 35.7 Å².